The van der Waals surface area contributed by atoms with Gasteiger partial charge in [0.1, 0.15) is 0 Å². The van der Waals surface area contributed by atoms with Crippen LogP contribution in [-0.2, 0) is 5.92 Å². The highest BCUT2D eigenvalue weighted by atomic mass is 32.2. The van der Waals surface area contributed by atoms with Crippen LogP contribution in [0, 0.1) is 0 Å². The van der Waals surface area contributed by atoms with Crippen LogP contribution in [0.1, 0.15) is 11.1 Å². The van der Waals surface area contributed by atoms with E-state index in [4.69, 9.17) is 0 Å². The molecule has 0 unspecified atom stereocenters. The molecule has 0 N–H and O–H groups in total. The minimum atomic E-state index is -2.69. The Hall–Kier alpha value is -1.35. The van der Waals surface area contributed by atoms with Crippen molar-refractivity contribution < 1.29 is 8.78 Å². The number of alkyl halides is 2. The van der Waals surface area contributed by atoms with Gasteiger partial charge in [0.05, 0.1) is 0 Å². The number of fused-ring (bicyclic) bond motifs is 1. The van der Waals surface area contributed by atoms with Gasteiger partial charge in [-0.3, -0.25) is 0 Å². The van der Waals surface area contributed by atoms with E-state index in [1.54, 1.807) is 12.1 Å². The Morgan fingerprint density at radius 1 is 0.875 bits per heavy atom. The second-order valence-electron chi connectivity index (χ2n) is 3.67. The molecule has 3 rings (SSSR count). The lowest BCUT2D eigenvalue weighted by molar-refractivity contribution is 0.0973. The van der Waals surface area contributed by atoms with Crippen LogP contribution in [-0.4, -0.2) is 0 Å². The second kappa shape index (κ2) is 3.32. The van der Waals surface area contributed by atoms with Crippen LogP contribution in [0.2, 0.25) is 0 Å². The summed E-state index contributed by atoms with van der Waals surface area (Å²) in [6.45, 7) is 0. The van der Waals surface area contributed by atoms with E-state index in [1.165, 1.54) is 17.8 Å². The van der Waals surface area contributed by atoms with Crippen LogP contribution in [0.3, 0.4) is 0 Å². The molecule has 3 heteroatoms. The highest BCUT2D eigenvalue weighted by Gasteiger charge is 2.54. The summed E-state index contributed by atoms with van der Waals surface area (Å²) in [5.41, 5.74) is 0.372. The van der Waals surface area contributed by atoms with Gasteiger partial charge < -0.3 is 0 Å². The molecule has 0 radical (unpaired) electrons. The molecule has 16 heavy (non-hydrogen) atoms. The van der Waals surface area contributed by atoms with E-state index in [9.17, 15) is 8.78 Å². The maximum absolute atomic E-state index is 13.3. The predicted molar refractivity (Wildman–Crippen MR) is 60.0 cm³/mol. The van der Waals surface area contributed by atoms with E-state index in [0.717, 1.165) is 4.90 Å². The van der Waals surface area contributed by atoms with Gasteiger partial charge in [0.25, 0.3) is 0 Å². The third-order valence-corrected chi connectivity index (χ3v) is 3.65. The SMILES string of the molecule is FC1(F)c2cccc(Sc3ccccc3)c21. The molecule has 0 bridgehead atoms. The van der Waals surface area contributed by atoms with Crippen molar-refractivity contribution in [1.29, 1.82) is 0 Å². The van der Waals surface area contributed by atoms with Crippen LogP contribution in [0.5, 0.6) is 0 Å². The second-order valence-corrected chi connectivity index (χ2v) is 4.78. The van der Waals surface area contributed by atoms with Gasteiger partial charge in [-0.15, -0.1) is 0 Å². The minimum Gasteiger partial charge on any atom is -0.196 e. The van der Waals surface area contributed by atoms with Crippen molar-refractivity contribution in [2.24, 2.45) is 0 Å². The molecule has 0 aromatic heterocycles. The third-order valence-electron chi connectivity index (χ3n) is 2.59. The van der Waals surface area contributed by atoms with E-state index in [2.05, 4.69) is 0 Å². The van der Waals surface area contributed by atoms with Crippen LogP contribution in [0.15, 0.2) is 58.3 Å². The van der Waals surface area contributed by atoms with Crippen molar-refractivity contribution >= 4 is 11.8 Å². The highest BCUT2D eigenvalue weighted by Crippen LogP contribution is 2.57. The number of halogens is 2. The minimum absolute atomic E-state index is 0.174. The average Bonchev–Trinajstić information content (AvgIpc) is 2.85. The molecule has 0 heterocycles. The van der Waals surface area contributed by atoms with Crippen molar-refractivity contribution in [2.45, 2.75) is 15.7 Å². The van der Waals surface area contributed by atoms with Gasteiger partial charge in [-0.25, -0.2) is 0 Å². The molecule has 0 saturated carbocycles. The zero-order chi connectivity index (χ0) is 11.2. The smallest absolute Gasteiger partial charge is 0.196 e. The highest BCUT2D eigenvalue weighted by molar-refractivity contribution is 7.99. The quantitative estimate of drug-likeness (QED) is 0.746. The van der Waals surface area contributed by atoms with Gasteiger partial charge in [-0.2, -0.15) is 8.78 Å². The molecule has 0 spiro atoms. The Bertz CT molecular complexity index is 535. The molecule has 2 aromatic carbocycles. The van der Waals surface area contributed by atoms with E-state index in [1.807, 2.05) is 30.3 Å². The Morgan fingerprint density at radius 3 is 2.38 bits per heavy atom. The Morgan fingerprint density at radius 2 is 1.62 bits per heavy atom. The molecule has 1 aliphatic carbocycles. The lowest BCUT2D eigenvalue weighted by atomic mass is 10.4. The van der Waals surface area contributed by atoms with Gasteiger partial charge in [0.15, 0.2) is 0 Å². The summed E-state index contributed by atoms with van der Waals surface area (Å²) >= 11 is 1.39. The largest absolute Gasteiger partial charge is 0.300 e. The molecular formula is C13H8F2S. The summed E-state index contributed by atoms with van der Waals surface area (Å²) in [7, 11) is 0. The molecule has 0 nitrogen and oxygen atoms in total. The van der Waals surface area contributed by atoms with Crippen LogP contribution in [0.25, 0.3) is 0 Å². The first-order valence-corrected chi connectivity index (χ1v) is 5.76. The van der Waals surface area contributed by atoms with Crippen LogP contribution >= 0.6 is 11.8 Å². The maximum Gasteiger partial charge on any atom is 0.300 e. The number of rotatable bonds is 2. The lowest BCUT2D eigenvalue weighted by Gasteiger charge is -2.00. The summed E-state index contributed by atoms with van der Waals surface area (Å²) in [5, 5.41) is 0. The van der Waals surface area contributed by atoms with Crippen LogP contribution < -0.4 is 0 Å². The van der Waals surface area contributed by atoms with Crippen LogP contribution in [0.4, 0.5) is 8.78 Å². The summed E-state index contributed by atoms with van der Waals surface area (Å²) in [6.07, 6.45) is 0. The summed E-state index contributed by atoms with van der Waals surface area (Å²) in [6, 6.07) is 14.5. The topological polar surface area (TPSA) is 0 Å². The maximum atomic E-state index is 13.3. The van der Waals surface area contributed by atoms with Gasteiger partial charge in [-0.1, -0.05) is 42.1 Å². The Kier molecular flexibility index (Phi) is 2.04. The molecule has 0 amide bonds. The summed E-state index contributed by atoms with van der Waals surface area (Å²) in [4.78, 5) is 1.65. The molecule has 80 valence electrons. The molecular weight excluding hydrogens is 226 g/mol. The molecule has 0 aliphatic heterocycles. The number of hydrogen-bond donors (Lipinski definition) is 0. The van der Waals surface area contributed by atoms with Gasteiger partial charge in [-0.05, 0) is 18.2 Å². The molecule has 2 aromatic rings. The zero-order valence-electron chi connectivity index (χ0n) is 8.28. The fraction of sp³-hybridized carbons (Fsp3) is 0.0769. The Balaban J connectivity index is 1.94. The van der Waals surface area contributed by atoms with E-state index in [-0.39, 0.29) is 11.1 Å². The molecule has 0 atom stereocenters. The standard InChI is InChI=1S/C13H8F2S/c14-13(15)10-7-4-8-11(12(10)13)16-9-5-2-1-3-6-9/h1-8H. The monoisotopic (exact) mass is 234 g/mol. The van der Waals surface area contributed by atoms with Gasteiger partial charge >= 0.3 is 5.92 Å². The fourth-order valence-electron chi connectivity index (χ4n) is 1.74. The van der Waals surface area contributed by atoms with Gasteiger partial charge in [0, 0.05) is 20.9 Å². The third kappa shape index (κ3) is 1.43. The first-order valence-electron chi connectivity index (χ1n) is 4.94. The fourth-order valence-corrected chi connectivity index (χ4v) is 2.78. The summed E-state index contributed by atoms with van der Waals surface area (Å²) < 4.78 is 26.5. The molecule has 0 saturated heterocycles. The number of benzene rings is 2. The van der Waals surface area contributed by atoms with Crippen molar-refractivity contribution in [1.82, 2.24) is 0 Å². The van der Waals surface area contributed by atoms with E-state index >= 15 is 0 Å². The zero-order valence-corrected chi connectivity index (χ0v) is 9.10. The average molecular weight is 234 g/mol. The first kappa shape index (κ1) is 9.85. The number of hydrogen-bond acceptors (Lipinski definition) is 1. The lowest BCUT2D eigenvalue weighted by Crippen LogP contribution is -1.85. The van der Waals surface area contributed by atoms with Crippen molar-refractivity contribution in [3.8, 4) is 0 Å². The normalized spacial score (nSPS) is 15.6. The van der Waals surface area contributed by atoms with E-state index in [0.29, 0.717) is 4.90 Å². The predicted octanol–water partition coefficient (Wildman–Crippen LogP) is 4.29. The van der Waals surface area contributed by atoms with E-state index < -0.39 is 5.92 Å². The first-order chi connectivity index (χ1) is 7.69. The van der Waals surface area contributed by atoms with Crippen molar-refractivity contribution in [2.75, 3.05) is 0 Å². The Labute approximate surface area is 96.3 Å². The molecule has 0 fully saturated rings. The molecule has 1 aliphatic rings. The van der Waals surface area contributed by atoms with Crippen molar-refractivity contribution in [3.05, 3.63) is 59.7 Å². The summed E-state index contributed by atoms with van der Waals surface area (Å²) in [5.74, 6) is -2.69. The van der Waals surface area contributed by atoms with Crippen molar-refractivity contribution in [3.63, 3.8) is 0 Å². The van der Waals surface area contributed by atoms with Gasteiger partial charge in [0.2, 0.25) is 0 Å².